The lowest BCUT2D eigenvalue weighted by Crippen LogP contribution is -2.29. The summed E-state index contributed by atoms with van der Waals surface area (Å²) in [6.07, 6.45) is 1.54. The third kappa shape index (κ3) is 2.91. The van der Waals surface area contributed by atoms with E-state index >= 15 is 0 Å². The van der Waals surface area contributed by atoms with E-state index in [2.05, 4.69) is 16.8 Å². The SMILES string of the molecule is CC(C)(N)C#Cc1c(Cl)ccnc1N. The van der Waals surface area contributed by atoms with Gasteiger partial charge in [0.2, 0.25) is 0 Å². The average molecular weight is 210 g/mol. The van der Waals surface area contributed by atoms with Gasteiger partial charge in [0.25, 0.3) is 0 Å². The number of rotatable bonds is 0. The third-order valence-electron chi connectivity index (χ3n) is 1.44. The fourth-order valence-electron chi connectivity index (χ4n) is 0.801. The number of nitrogens with two attached hydrogens (primary N) is 2. The van der Waals surface area contributed by atoms with Gasteiger partial charge in [0, 0.05) is 6.20 Å². The van der Waals surface area contributed by atoms with Crippen molar-refractivity contribution in [3.63, 3.8) is 0 Å². The first-order valence-electron chi connectivity index (χ1n) is 4.12. The zero-order valence-corrected chi connectivity index (χ0v) is 8.89. The van der Waals surface area contributed by atoms with Crippen LogP contribution in [0.3, 0.4) is 0 Å². The topological polar surface area (TPSA) is 64.9 Å². The molecule has 1 aromatic heterocycles. The second-order valence-corrected chi connectivity index (χ2v) is 3.93. The summed E-state index contributed by atoms with van der Waals surface area (Å²) in [5, 5.41) is 0.495. The lowest BCUT2D eigenvalue weighted by atomic mass is 10.1. The second kappa shape index (κ2) is 3.87. The number of hydrogen-bond acceptors (Lipinski definition) is 3. The van der Waals surface area contributed by atoms with Gasteiger partial charge in [-0.05, 0) is 19.9 Å². The largest absolute Gasteiger partial charge is 0.383 e. The Labute approximate surface area is 88.5 Å². The summed E-state index contributed by atoms with van der Waals surface area (Å²) in [6.45, 7) is 3.61. The van der Waals surface area contributed by atoms with Crippen LogP contribution in [0.5, 0.6) is 0 Å². The minimum atomic E-state index is -0.564. The van der Waals surface area contributed by atoms with E-state index < -0.39 is 5.54 Å². The Kier molecular flexibility index (Phi) is 3.00. The molecule has 0 radical (unpaired) electrons. The molecule has 0 saturated carbocycles. The Bertz CT molecular complexity index is 376. The average Bonchev–Trinajstić information content (AvgIpc) is 2.01. The highest BCUT2D eigenvalue weighted by molar-refractivity contribution is 6.32. The molecular formula is C10H12ClN3. The van der Waals surface area contributed by atoms with Gasteiger partial charge in [0.15, 0.2) is 0 Å². The number of halogens is 1. The third-order valence-corrected chi connectivity index (χ3v) is 1.75. The lowest BCUT2D eigenvalue weighted by Gasteiger charge is -2.08. The Morgan fingerprint density at radius 3 is 2.64 bits per heavy atom. The quantitative estimate of drug-likeness (QED) is 0.635. The van der Waals surface area contributed by atoms with Gasteiger partial charge < -0.3 is 11.5 Å². The molecule has 0 spiro atoms. The Morgan fingerprint density at radius 2 is 2.14 bits per heavy atom. The van der Waals surface area contributed by atoms with Crippen molar-refractivity contribution < 1.29 is 0 Å². The van der Waals surface area contributed by atoms with E-state index in [0.29, 0.717) is 16.4 Å². The van der Waals surface area contributed by atoms with Crippen molar-refractivity contribution >= 4 is 17.4 Å². The number of aromatic nitrogens is 1. The smallest absolute Gasteiger partial charge is 0.140 e. The maximum atomic E-state index is 5.90. The molecule has 4 heteroatoms. The molecule has 0 aliphatic heterocycles. The predicted molar refractivity (Wildman–Crippen MR) is 58.8 cm³/mol. The van der Waals surface area contributed by atoms with Crippen LogP contribution < -0.4 is 11.5 Å². The standard InChI is InChI=1S/C10H12ClN3/c1-10(2,13)5-3-7-8(11)4-6-14-9(7)12/h4,6H,13H2,1-2H3,(H2,12,14). The Hall–Kier alpha value is -1.24. The Morgan fingerprint density at radius 1 is 1.50 bits per heavy atom. The van der Waals surface area contributed by atoms with Crippen molar-refractivity contribution in [2.45, 2.75) is 19.4 Å². The van der Waals surface area contributed by atoms with Crippen molar-refractivity contribution in [1.82, 2.24) is 4.98 Å². The molecule has 0 amide bonds. The fraction of sp³-hybridized carbons (Fsp3) is 0.300. The van der Waals surface area contributed by atoms with E-state index in [0.717, 1.165) is 0 Å². The molecule has 1 heterocycles. The second-order valence-electron chi connectivity index (χ2n) is 3.52. The molecule has 0 aromatic carbocycles. The lowest BCUT2D eigenvalue weighted by molar-refractivity contribution is 0.680. The first-order valence-corrected chi connectivity index (χ1v) is 4.50. The molecule has 0 aliphatic rings. The molecule has 1 rings (SSSR count). The first-order chi connectivity index (χ1) is 6.40. The van der Waals surface area contributed by atoms with Gasteiger partial charge in [-0.25, -0.2) is 4.98 Å². The monoisotopic (exact) mass is 209 g/mol. The summed E-state index contributed by atoms with van der Waals surface area (Å²) in [4.78, 5) is 3.89. The molecular weight excluding hydrogens is 198 g/mol. The van der Waals surface area contributed by atoms with Crippen LogP contribution >= 0.6 is 11.6 Å². The van der Waals surface area contributed by atoms with Gasteiger partial charge >= 0.3 is 0 Å². The number of nitrogen functional groups attached to an aromatic ring is 1. The van der Waals surface area contributed by atoms with Crippen LogP contribution in [0.15, 0.2) is 12.3 Å². The van der Waals surface area contributed by atoms with E-state index in [9.17, 15) is 0 Å². The van der Waals surface area contributed by atoms with Crippen molar-refractivity contribution in [2.75, 3.05) is 5.73 Å². The molecule has 0 atom stereocenters. The van der Waals surface area contributed by atoms with Crippen molar-refractivity contribution in [3.05, 3.63) is 22.8 Å². The summed E-state index contributed by atoms with van der Waals surface area (Å²) in [6, 6.07) is 1.64. The molecule has 74 valence electrons. The number of pyridine rings is 1. The first kappa shape index (κ1) is 10.8. The van der Waals surface area contributed by atoms with Crippen molar-refractivity contribution in [2.24, 2.45) is 5.73 Å². The zero-order valence-electron chi connectivity index (χ0n) is 8.13. The van der Waals surface area contributed by atoms with E-state index in [-0.39, 0.29) is 0 Å². The molecule has 0 bridgehead atoms. The molecule has 0 fully saturated rings. The van der Waals surface area contributed by atoms with Crippen LogP contribution in [-0.4, -0.2) is 10.5 Å². The summed E-state index contributed by atoms with van der Waals surface area (Å²) in [7, 11) is 0. The van der Waals surface area contributed by atoms with Crippen LogP contribution in [0.25, 0.3) is 0 Å². The number of anilines is 1. The molecule has 0 aliphatic carbocycles. The zero-order chi connectivity index (χ0) is 10.8. The molecule has 3 nitrogen and oxygen atoms in total. The highest BCUT2D eigenvalue weighted by Crippen LogP contribution is 2.18. The van der Waals surface area contributed by atoms with Crippen LogP contribution in [-0.2, 0) is 0 Å². The van der Waals surface area contributed by atoms with Gasteiger partial charge in [0.05, 0.1) is 16.1 Å². The summed E-state index contributed by atoms with van der Waals surface area (Å²) in [5.41, 5.74) is 11.3. The molecule has 0 saturated heterocycles. The van der Waals surface area contributed by atoms with Crippen LogP contribution in [0.1, 0.15) is 19.4 Å². The van der Waals surface area contributed by atoms with Crippen LogP contribution in [0, 0.1) is 11.8 Å². The Balaban J connectivity index is 3.13. The fourth-order valence-corrected chi connectivity index (χ4v) is 1.00. The van der Waals surface area contributed by atoms with Crippen molar-refractivity contribution in [1.29, 1.82) is 0 Å². The molecule has 1 aromatic rings. The van der Waals surface area contributed by atoms with Gasteiger partial charge in [-0.3, -0.25) is 0 Å². The minimum Gasteiger partial charge on any atom is -0.383 e. The van der Waals surface area contributed by atoms with E-state index in [1.165, 1.54) is 6.20 Å². The van der Waals surface area contributed by atoms with Gasteiger partial charge in [-0.2, -0.15) is 0 Å². The summed E-state index contributed by atoms with van der Waals surface area (Å²) >= 11 is 5.90. The molecule has 0 unspecified atom stereocenters. The normalized spacial score (nSPS) is 10.6. The van der Waals surface area contributed by atoms with E-state index in [1.807, 2.05) is 0 Å². The van der Waals surface area contributed by atoms with E-state index in [4.69, 9.17) is 23.1 Å². The van der Waals surface area contributed by atoms with Crippen molar-refractivity contribution in [3.8, 4) is 11.8 Å². The number of hydrogen-bond donors (Lipinski definition) is 2. The van der Waals surface area contributed by atoms with E-state index in [1.54, 1.807) is 19.9 Å². The predicted octanol–water partition coefficient (Wildman–Crippen LogP) is 1.41. The van der Waals surface area contributed by atoms with Gasteiger partial charge in [-0.15, -0.1) is 0 Å². The maximum absolute atomic E-state index is 5.90. The highest BCUT2D eigenvalue weighted by Gasteiger charge is 2.06. The maximum Gasteiger partial charge on any atom is 0.140 e. The highest BCUT2D eigenvalue weighted by atomic mass is 35.5. The summed E-state index contributed by atoms with van der Waals surface area (Å²) < 4.78 is 0. The molecule has 14 heavy (non-hydrogen) atoms. The van der Waals surface area contributed by atoms with Gasteiger partial charge in [0.1, 0.15) is 5.82 Å². The number of nitrogens with zero attached hydrogens (tertiary/aromatic N) is 1. The van der Waals surface area contributed by atoms with Crippen LogP contribution in [0.2, 0.25) is 5.02 Å². The minimum absolute atomic E-state index is 0.328. The van der Waals surface area contributed by atoms with Crippen LogP contribution in [0.4, 0.5) is 5.82 Å². The molecule has 4 N–H and O–H groups in total. The summed E-state index contributed by atoms with van der Waals surface area (Å²) in [5.74, 6) is 6.00. The van der Waals surface area contributed by atoms with Gasteiger partial charge in [-0.1, -0.05) is 23.4 Å².